The van der Waals surface area contributed by atoms with Crippen LogP contribution >= 0.6 is 0 Å². The van der Waals surface area contributed by atoms with Gasteiger partial charge in [0.25, 0.3) is 0 Å². The molecule has 0 aliphatic carbocycles. The summed E-state index contributed by atoms with van der Waals surface area (Å²) < 4.78 is 1.96. The maximum Gasteiger partial charge on any atom is 0.249 e. The molecule has 152 valence electrons. The Bertz CT molecular complexity index is 1200. The topological polar surface area (TPSA) is 85.8 Å². The molecule has 4 rings (SSSR count). The second-order valence-electron chi connectivity index (χ2n) is 7.36. The van der Waals surface area contributed by atoms with Crippen molar-refractivity contribution in [2.45, 2.75) is 33.2 Å². The van der Waals surface area contributed by atoms with Crippen LogP contribution < -0.4 is 11.1 Å². The van der Waals surface area contributed by atoms with E-state index in [0.29, 0.717) is 18.1 Å². The number of carbonyl (C=O) groups is 1. The van der Waals surface area contributed by atoms with E-state index < -0.39 is 5.91 Å². The SMILES string of the molecule is CCCc1cnc(-n2c(C)cc3c(C(N)=O)cccc32)nc1NCc1ccccc1. The van der Waals surface area contributed by atoms with Crippen LogP contribution in [-0.2, 0) is 13.0 Å². The van der Waals surface area contributed by atoms with E-state index in [-0.39, 0.29) is 0 Å². The van der Waals surface area contributed by atoms with E-state index in [0.717, 1.165) is 40.8 Å². The first-order valence-corrected chi connectivity index (χ1v) is 10.1. The highest BCUT2D eigenvalue weighted by atomic mass is 16.1. The Labute approximate surface area is 175 Å². The Kier molecular flexibility index (Phi) is 5.48. The molecule has 0 saturated carbocycles. The lowest BCUT2D eigenvalue weighted by atomic mass is 10.1. The van der Waals surface area contributed by atoms with Gasteiger partial charge in [0.1, 0.15) is 5.82 Å². The van der Waals surface area contributed by atoms with Crippen LogP contribution in [0.5, 0.6) is 0 Å². The molecule has 0 bridgehead atoms. The molecule has 0 spiro atoms. The van der Waals surface area contributed by atoms with Gasteiger partial charge in [-0.25, -0.2) is 4.98 Å². The van der Waals surface area contributed by atoms with Crippen LogP contribution in [0.4, 0.5) is 5.82 Å². The second-order valence-corrected chi connectivity index (χ2v) is 7.36. The van der Waals surface area contributed by atoms with E-state index in [9.17, 15) is 4.79 Å². The minimum atomic E-state index is -0.442. The third-order valence-electron chi connectivity index (χ3n) is 5.17. The average Bonchev–Trinajstić information content (AvgIpc) is 3.09. The molecule has 0 aliphatic rings. The summed E-state index contributed by atoms with van der Waals surface area (Å²) in [4.78, 5) is 21.3. The number of nitrogens with one attached hydrogen (secondary N) is 1. The van der Waals surface area contributed by atoms with Crippen molar-refractivity contribution in [3.63, 3.8) is 0 Å². The Balaban J connectivity index is 1.77. The number of fused-ring (bicyclic) bond motifs is 1. The first kappa shape index (κ1) is 19.6. The zero-order chi connectivity index (χ0) is 21.1. The summed E-state index contributed by atoms with van der Waals surface area (Å²) in [5.74, 6) is 0.958. The highest BCUT2D eigenvalue weighted by Gasteiger charge is 2.16. The molecule has 0 aliphatic heterocycles. The van der Waals surface area contributed by atoms with Gasteiger partial charge in [-0.2, -0.15) is 4.98 Å². The van der Waals surface area contributed by atoms with Gasteiger partial charge >= 0.3 is 0 Å². The number of primary amides is 1. The number of anilines is 1. The lowest BCUT2D eigenvalue weighted by molar-refractivity contribution is 0.100. The monoisotopic (exact) mass is 399 g/mol. The number of carbonyl (C=O) groups excluding carboxylic acids is 1. The molecule has 30 heavy (non-hydrogen) atoms. The average molecular weight is 399 g/mol. The lowest BCUT2D eigenvalue weighted by Crippen LogP contribution is -2.11. The van der Waals surface area contributed by atoms with Gasteiger partial charge < -0.3 is 11.1 Å². The van der Waals surface area contributed by atoms with Crippen molar-refractivity contribution < 1.29 is 4.79 Å². The maximum atomic E-state index is 11.8. The van der Waals surface area contributed by atoms with E-state index >= 15 is 0 Å². The Morgan fingerprint density at radius 1 is 1.13 bits per heavy atom. The van der Waals surface area contributed by atoms with Gasteiger partial charge in [-0.1, -0.05) is 49.7 Å². The number of aromatic nitrogens is 3. The number of amides is 1. The predicted molar refractivity (Wildman–Crippen MR) is 120 cm³/mol. The van der Waals surface area contributed by atoms with Crippen molar-refractivity contribution in [2.75, 3.05) is 5.32 Å². The summed E-state index contributed by atoms with van der Waals surface area (Å²) in [5, 5.41) is 4.28. The molecule has 3 N–H and O–H groups in total. The predicted octanol–water partition coefficient (Wildman–Crippen LogP) is 4.39. The molecule has 6 nitrogen and oxygen atoms in total. The Morgan fingerprint density at radius 3 is 2.67 bits per heavy atom. The maximum absolute atomic E-state index is 11.8. The van der Waals surface area contributed by atoms with E-state index in [1.165, 1.54) is 5.56 Å². The van der Waals surface area contributed by atoms with E-state index in [2.05, 4.69) is 29.4 Å². The number of nitrogens with two attached hydrogens (primary N) is 1. The molecule has 0 radical (unpaired) electrons. The van der Waals surface area contributed by atoms with Crippen LogP contribution in [-0.4, -0.2) is 20.4 Å². The third kappa shape index (κ3) is 3.76. The fraction of sp³-hybridized carbons (Fsp3) is 0.208. The molecule has 0 atom stereocenters. The molecule has 2 aromatic carbocycles. The number of hydrogen-bond donors (Lipinski definition) is 2. The molecule has 2 aromatic heterocycles. The van der Waals surface area contributed by atoms with Crippen molar-refractivity contribution >= 4 is 22.6 Å². The normalized spacial score (nSPS) is 11.0. The number of benzene rings is 2. The van der Waals surface area contributed by atoms with Gasteiger partial charge in [0.2, 0.25) is 11.9 Å². The third-order valence-corrected chi connectivity index (χ3v) is 5.17. The number of aryl methyl sites for hydroxylation is 2. The van der Waals surface area contributed by atoms with Crippen molar-refractivity contribution in [3.8, 4) is 5.95 Å². The summed E-state index contributed by atoms with van der Waals surface area (Å²) in [6.07, 6.45) is 3.80. The van der Waals surface area contributed by atoms with Gasteiger partial charge in [-0.15, -0.1) is 0 Å². The fourth-order valence-electron chi connectivity index (χ4n) is 3.74. The summed E-state index contributed by atoms with van der Waals surface area (Å²) >= 11 is 0. The minimum absolute atomic E-state index is 0.442. The summed E-state index contributed by atoms with van der Waals surface area (Å²) in [6, 6.07) is 17.7. The molecule has 1 amide bonds. The van der Waals surface area contributed by atoms with Gasteiger partial charge in [0, 0.05) is 34.9 Å². The van der Waals surface area contributed by atoms with Crippen LogP contribution in [0.15, 0.2) is 60.8 Å². The number of nitrogens with zero attached hydrogens (tertiary/aromatic N) is 3. The van der Waals surface area contributed by atoms with Crippen molar-refractivity contribution in [2.24, 2.45) is 5.73 Å². The quantitative estimate of drug-likeness (QED) is 0.482. The van der Waals surface area contributed by atoms with Crippen LogP contribution in [0.25, 0.3) is 16.9 Å². The van der Waals surface area contributed by atoms with Gasteiger partial charge in [-0.05, 0) is 37.1 Å². The summed E-state index contributed by atoms with van der Waals surface area (Å²) in [5.41, 5.74) is 10.1. The highest BCUT2D eigenvalue weighted by Crippen LogP contribution is 2.26. The molecule has 0 fully saturated rings. The van der Waals surface area contributed by atoms with E-state index in [1.54, 1.807) is 6.07 Å². The zero-order valence-electron chi connectivity index (χ0n) is 17.2. The molecule has 0 saturated heterocycles. The van der Waals surface area contributed by atoms with Crippen molar-refractivity contribution in [1.29, 1.82) is 0 Å². The molecular weight excluding hydrogens is 374 g/mol. The van der Waals surface area contributed by atoms with E-state index in [1.807, 2.05) is 54.1 Å². The lowest BCUT2D eigenvalue weighted by Gasteiger charge is -2.14. The molecule has 6 heteroatoms. The zero-order valence-corrected chi connectivity index (χ0v) is 17.2. The Morgan fingerprint density at radius 2 is 1.93 bits per heavy atom. The smallest absolute Gasteiger partial charge is 0.249 e. The molecule has 2 heterocycles. The van der Waals surface area contributed by atoms with Gasteiger partial charge in [0.05, 0.1) is 5.52 Å². The van der Waals surface area contributed by atoms with Crippen LogP contribution in [0, 0.1) is 6.92 Å². The number of rotatable bonds is 7. The van der Waals surface area contributed by atoms with Gasteiger partial charge in [-0.3, -0.25) is 9.36 Å². The second kappa shape index (κ2) is 8.37. The fourth-order valence-corrected chi connectivity index (χ4v) is 3.74. The van der Waals surface area contributed by atoms with Crippen LogP contribution in [0.1, 0.15) is 40.5 Å². The summed E-state index contributed by atoms with van der Waals surface area (Å²) in [7, 11) is 0. The van der Waals surface area contributed by atoms with E-state index in [4.69, 9.17) is 10.7 Å². The largest absolute Gasteiger partial charge is 0.366 e. The number of hydrogen-bond acceptors (Lipinski definition) is 4. The van der Waals surface area contributed by atoms with Crippen molar-refractivity contribution in [3.05, 3.63) is 83.2 Å². The first-order chi connectivity index (χ1) is 14.6. The highest BCUT2D eigenvalue weighted by molar-refractivity contribution is 6.06. The standard InChI is InChI=1S/C24H25N5O/c1-3-8-18-15-27-24(28-23(18)26-14-17-9-5-4-6-10-17)29-16(2)13-20-19(22(25)30)11-7-12-21(20)29/h4-7,9-13,15H,3,8,14H2,1-2H3,(H2,25,30)(H,26,27,28). The molecule has 4 aromatic rings. The van der Waals surface area contributed by atoms with Crippen LogP contribution in [0.3, 0.4) is 0 Å². The Hall–Kier alpha value is -3.67. The molecule has 0 unspecified atom stereocenters. The van der Waals surface area contributed by atoms with Crippen LogP contribution in [0.2, 0.25) is 0 Å². The minimum Gasteiger partial charge on any atom is -0.366 e. The molecular formula is C24H25N5O. The van der Waals surface area contributed by atoms with Gasteiger partial charge in [0.15, 0.2) is 0 Å². The van der Waals surface area contributed by atoms with Crippen molar-refractivity contribution in [1.82, 2.24) is 14.5 Å². The first-order valence-electron chi connectivity index (χ1n) is 10.1. The summed E-state index contributed by atoms with van der Waals surface area (Å²) in [6.45, 7) is 4.81.